The summed E-state index contributed by atoms with van der Waals surface area (Å²) in [4.78, 5) is 34.2. The quantitative estimate of drug-likeness (QED) is 0.279. The first-order chi connectivity index (χ1) is 18.0. The first-order valence-electron chi connectivity index (χ1n) is 13.0. The van der Waals surface area contributed by atoms with E-state index in [1.54, 1.807) is 17.7 Å². The van der Waals surface area contributed by atoms with Crippen molar-refractivity contribution in [1.82, 2.24) is 14.5 Å². The lowest BCUT2D eigenvalue weighted by Gasteiger charge is -2.31. The highest BCUT2D eigenvalue weighted by atomic mass is 16.5. The number of benzene rings is 3. The van der Waals surface area contributed by atoms with E-state index in [0.717, 1.165) is 36.5 Å². The van der Waals surface area contributed by atoms with Crippen LogP contribution >= 0.6 is 0 Å². The van der Waals surface area contributed by atoms with E-state index in [1.165, 1.54) is 0 Å². The summed E-state index contributed by atoms with van der Waals surface area (Å²) >= 11 is 0. The van der Waals surface area contributed by atoms with Gasteiger partial charge in [-0.05, 0) is 61.3 Å². The van der Waals surface area contributed by atoms with Gasteiger partial charge in [0, 0.05) is 19.2 Å². The molecule has 1 aromatic heterocycles. The molecule has 2 N–H and O–H groups in total. The van der Waals surface area contributed by atoms with Gasteiger partial charge in [-0.15, -0.1) is 0 Å². The van der Waals surface area contributed by atoms with E-state index in [9.17, 15) is 9.59 Å². The van der Waals surface area contributed by atoms with E-state index < -0.39 is 6.04 Å². The zero-order valence-corrected chi connectivity index (χ0v) is 21.7. The average molecular weight is 501 g/mol. The molecule has 7 heteroatoms. The van der Waals surface area contributed by atoms with Gasteiger partial charge in [0.15, 0.2) is 0 Å². The Morgan fingerprint density at radius 2 is 1.73 bits per heavy atom. The number of nitrogens with zero attached hydrogens (tertiary/aromatic N) is 3. The molecule has 1 amide bonds. The van der Waals surface area contributed by atoms with E-state index in [4.69, 9.17) is 15.5 Å². The van der Waals surface area contributed by atoms with Crippen molar-refractivity contribution >= 4 is 27.6 Å². The molecule has 0 aliphatic carbocycles. The number of carbonyl (C=O) groups excluding carboxylic acids is 1. The van der Waals surface area contributed by atoms with Crippen LogP contribution in [-0.2, 0) is 11.3 Å². The first-order valence-corrected chi connectivity index (χ1v) is 13.0. The summed E-state index contributed by atoms with van der Waals surface area (Å²) in [6.07, 6.45) is 3.82. The van der Waals surface area contributed by atoms with Gasteiger partial charge in [-0.1, -0.05) is 55.3 Å². The monoisotopic (exact) mass is 500 g/mol. The van der Waals surface area contributed by atoms with Crippen molar-refractivity contribution < 1.29 is 9.53 Å². The van der Waals surface area contributed by atoms with Gasteiger partial charge in [-0.3, -0.25) is 14.2 Å². The standard InChI is InChI=1S/C30H36N4O3/c1-22(28-32-27-14-8-7-13-26(27)30(36)34(28)19-20-37-2)33(18-10-4-3-9-17-31)29(35)25-16-15-23-11-5-6-12-24(23)21-25/h5-8,11-16,21-22H,3-4,9-10,17-20,31H2,1-2H3. The second-order valence-corrected chi connectivity index (χ2v) is 9.38. The zero-order valence-electron chi connectivity index (χ0n) is 21.7. The Bertz CT molecular complexity index is 1420. The van der Waals surface area contributed by atoms with Gasteiger partial charge < -0.3 is 15.4 Å². The molecule has 37 heavy (non-hydrogen) atoms. The Labute approximate surface area is 217 Å². The van der Waals surface area contributed by atoms with Crippen molar-refractivity contribution in [2.75, 3.05) is 26.8 Å². The highest BCUT2D eigenvalue weighted by Crippen LogP contribution is 2.25. The van der Waals surface area contributed by atoms with E-state index >= 15 is 0 Å². The fourth-order valence-electron chi connectivity index (χ4n) is 4.78. The van der Waals surface area contributed by atoms with E-state index in [1.807, 2.05) is 72.5 Å². The number of hydrogen-bond donors (Lipinski definition) is 1. The van der Waals surface area contributed by atoms with Crippen molar-refractivity contribution in [2.24, 2.45) is 5.73 Å². The Morgan fingerprint density at radius 3 is 2.51 bits per heavy atom. The molecule has 0 saturated carbocycles. The number of ether oxygens (including phenoxy) is 1. The third-order valence-corrected chi connectivity index (χ3v) is 6.86. The highest BCUT2D eigenvalue weighted by Gasteiger charge is 2.27. The SMILES string of the molecule is COCCn1c(C(C)N(CCCCCCN)C(=O)c2ccc3ccccc3c2)nc2ccccc2c1=O. The maximum atomic E-state index is 14.0. The Kier molecular flexibility index (Phi) is 9.04. The molecule has 1 unspecified atom stereocenters. The predicted molar refractivity (Wildman–Crippen MR) is 149 cm³/mol. The number of amides is 1. The number of nitrogens with two attached hydrogens (primary N) is 1. The highest BCUT2D eigenvalue weighted by molar-refractivity contribution is 5.98. The third-order valence-electron chi connectivity index (χ3n) is 6.86. The largest absolute Gasteiger partial charge is 0.383 e. The fourth-order valence-corrected chi connectivity index (χ4v) is 4.78. The summed E-state index contributed by atoms with van der Waals surface area (Å²) < 4.78 is 6.95. The molecule has 3 aromatic carbocycles. The summed E-state index contributed by atoms with van der Waals surface area (Å²) in [5, 5.41) is 2.67. The number of hydrogen-bond acceptors (Lipinski definition) is 5. The van der Waals surface area contributed by atoms with E-state index in [2.05, 4.69) is 0 Å². The van der Waals surface area contributed by atoms with Gasteiger partial charge in [0.05, 0.1) is 30.1 Å². The molecular formula is C30H36N4O3. The predicted octanol–water partition coefficient (Wildman–Crippen LogP) is 4.92. The van der Waals surface area contributed by atoms with Gasteiger partial charge in [-0.2, -0.15) is 0 Å². The van der Waals surface area contributed by atoms with Crippen molar-refractivity contribution in [1.29, 1.82) is 0 Å². The Hall–Kier alpha value is -3.55. The lowest BCUT2D eigenvalue weighted by molar-refractivity contribution is 0.0673. The van der Waals surface area contributed by atoms with Crippen LogP contribution in [0.1, 0.15) is 54.8 Å². The molecule has 0 aliphatic rings. The number of methoxy groups -OCH3 is 1. The van der Waals surface area contributed by atoms with Gasteiger partial charge in [0.1, 0.15) is 5.82 Å². The summed E-state index contributed by atoms with van der Waals surface area (Å²) in [6.45, 7) is 3.92. The molecular weight excluding hydrogens is 464 g/mol. The summed E-state index contributed by atoms with van der Waals surface area (Å²) in [5.41, 5.74) is 6.80. The Balaban J connectivity index is 1.74. The summed E-state index contributed by atoms with van der Waals surface area (Å²) in [5.74, 6) is 0.495. The second kappa shape index (κ2) is 12.6. The number of unbranched alkanes of at least 4 members (excludes halogenated alkanes) is 3. The van der Waals surface area contributed by atoms with Crippen molar-refractivity contribution in [3.05, 3.63) is 88.5 Å². The second-order valence-electron chi connectivity index (χ2n) is 9.38. The van der Waals surface area contributed by atoms with Crippen LogP contribution in [0.3, 0.4) is 0 Å². The minimum atomic E-state index is -0.414. The number of carbonyl (C=O) groups is 1. The summed E-state index contributed by atoms with van der Waals surface area (Å²) in [7, 11) is 1.61. The first kappa shape index (κ1) is 26.5. The average Bonchev–Trinajstić information content (AvgIpc) is 2.93. The van der Waals surface area contributed by atoms with Crippen LogP contribution in [-0.4, -0.2) is 47.2 Å². The molecule has 1 heterocycles. The van der Waals surface area contributed by atoms with Crippen LogP contribution in [0.15, 0.2) is 71.5 Å². The number of aromatic nitrogens is 2. The van der Waals surface area contributed by atoms with Crippen LogP contribution in [0.2, 0.25) is 0 Å². The lowest BCUT2D eigenvalue weighted by atomic mass is 10.0. The normalized spacial score (nSPS) is 12.2. The topological polar surface area (TPSA) is 90.4 Å². The maximum Gasteiger partial charge on any atom is 0.261 e. The number of fused-ring (bicyclic) bond motifs is 2. The molecule has 0 bridgehead atoms. The molecule has 0 aliphatic heterocycles. The minimum absolute atomic E-state index is 0.0715. The smallest absolute Gasteiger partial charge is 0.261 e. The summed E-state index contributed by atoms with van der Waals surface area (Å²) in [6, 6.07) is 20.7. The lowest BCUT2D eigenvalue weighted by Crippen LogP contribution is -2.39. The maximum absolute atomic E-state index is 14.0. The van der Waals surface area contributed by atoms with Crippen LogP contribution in [0.25, 0.3) is 21.7 Å². The van der Waals surface area contributed by atoms with E-state index in [0.29, 0.717) is 48.5 Å². The Morgan fingerprint density at radius 1 is 1.00 bits per heavy atom. The van der Waals surface area contributed by atoms with E-state index in [-0.39, 0.29) is 11.5 Å². The van der Waals surface area contributed by atoms with Gasteiger partial charge >= 0.3 is 0 Å². The van der Waals surface area contributed by atoms with Gasteiger partial charge in [-0.25, -0.2) is 4.98 Å². The van der Waals surface area contributed by atoms with Crippen LogP contribution in [0, 0.1) is 0 Å². The number of para-hydroxylation sites is 1. The molecule has 0 spiro atoms. The van der Waals surface area contributed by atoms with Crippen LogP contribution in [0.4, 0.5) is 0 Å². The van der Waals surface area contributed by atoms with Crippen molar-refractivity contribution in [3.63, 3.8) is 0 Å². The zero-order chi connectivity index (χ0) is 26.2. The molecule has 0 saturated heterocycles. The van der Waals surface area contributed by atoms with Gasteiger partial charge in [0.2, 0.25) is 0 Å². The number of rotatable bonds is 12. The molecule has 4 aromatic rings. The molecule has 4 rings (SSSR count). The van der Waals surface area contributed by atoms with Crippen LogP contribution in [0.5, 0.6) is 0 Å². The van der Waals surface area contributed by atoms with Gasteiger partial charge in [0.25, 0.3) is 11.5 Å². The molecule has 0 fully saturated rings. The third kappa shape index (κ3) is 6.06. The molecule has 194 valence electrons. The molecule has 7 nitrogen and oxygen atoms in total. The van der Waals surface area contributed by atoms with Crippen LogP contribution < -0.4 is 11.3 Å². The minimum Gasteiger partial charge on any atom is -0.383 e. The van der Waals surface area contributed by atoms with Crippen molar-refractivity contribution in [3.8, 4) is 0 Å². The van der Waals surface area contributed by atoms with Crippen molar-refractivity contribution in [2.45, 2.75) is 45.2 Å². The fraction of sp³-hybridized carbons (Fsp3) is 0.367. The molecule has 1 atom stereocenters. The molecule has 0 radical (unpaired) electrons.